The quantitative estimate of drug-likeness (QED) is 0.833. The first-order valence-electron chi connectivity index (χ1n) is 9.26. The largest absolute Gasteiger partial charge is 0.368 e. The molecule has 1 aromatic heterocycles. The van der Waals surface area contributed by atoms with Gasteiger partial charge in [-0.1, -0.05) is 6.07 Å². The summed E-state index contributed by atoms with van der Waals surface area (Å²) in [5.41, 5.74) is 0.942. The lowest BCUT2D eigenvalue weighted by atomic mass is 10.1. The molecule has 1 amide bonds. The van der Waals surface area contributed by atoms with E-state index in [9.17, 15) is 4.79 Å². The molecule has 0 bridgehead atoms. The van der Waals surface area contributed by atoms with Crippen LogP contribution in [0.1, 0.15) is 44.7 Å². The van der Waals surface area contributed by atoms with Crippen molar-refractivity contribution in [2.75, 3.05) is 19.7 Å². The third-order valence-electron chi connectivity index (χ3n) is 4.95. The molecule has 0 aromatic carbocycles. The molecular weight excluding hydrogens is 302 g/mol. The molecule has 5 heteroatoms. The van der Waals surface area contributed by atoms with Gasteiger partial charge in [-0.3, -0.25) is 9.78 Å². The zero-order valence-electron chi connectivity index (χ0n) is 14.6. The van der Waals surface area contributed by atoms with Crippen LogP contribution in [0.2, 0.25) is 0 Å². The molecule has 0 radical (unpaired) electrons. The van der Waals surface area contributed by atoms with Crippen molar-refractivity contribution in [2.45, 2.75) is 57.7 Å². The summed E-state index contributed by atoms with van der Waals surface area (Å²) >= 11 is 0. The second kappa shape index (κ2) is 8.58. The Morgan fingerprint density at radius 3 is 2.96 bits per heavy atom. The molecule has 1 N–H and O–H groups in total. The van der Waals surface area contributed by atoms with Crippen LogP contribution in [0, 0.1) is 5.92 Å². The van der Waals surface area contributed by atoms with Gasteiger partial charge in [0.1, 0.15) is 6.10 Å². The van der Waals surface area contributed by atoms with Gasteiger partial charge >= 0.3 is 0 Å². The highest BCUT2D eigenvalue weighted by Crippen LogP contribution is 2.29. The Hall–Kier alpha value is -1.46. The Labute approximate surface area is 144 Å². The minimum absolute atomic E-state index is 0.105. The smallest absolute Gasteiger partial charge is 0.252 e. The lowest BCUT2D eigenvalue weighted by Gasteiger charge is -2.33. The molecule has 5 nitrogen and oxygen atoms in total. The Morgan fingerprint density at radius 1 is 1.33 bits per heavy atom. The van der Waals surface area contributed by atoms with Crippen LogP contribution in [0.15, 0.2) is 24.4 Å². The van der Waals surface area contributed by atoms with Crippen LogP contribution in [-0.2, 0) is 16.1 Å². The predicted octanol–water partition coefficient (Wildman–Crippen LogP) is 2.37. The monoisotopic (exact) mass is 331 g/mol. The van der Waals surface area contributed by atoms with Gasteiger partial charge in [-0.15, -0.1) is 0 Å². The van der Waals surface area contributed by atoms with E-state index in [1.54, 1.807) is 6.20 Å². The van der Waals surface area contributed by atoms with Gasteiger partial charge < -0.3 is 15.0 Å². The second-order valence-corrected chi connectivity index (χ2v) is 7.04. The molecule has 132 valence electrons. The van der Waals surface area contributed by atoms with Crippen LogP contribution in [0.4, 0.5) is 0 Å². The number of carbonyl (C=O) groups is 1. The lowest BCUT2D eigenvalue weighted by Crippen LogP contribution is -2.45. The number of pyridine rings is 1. The SMILES string of the molecule is CC(OCC1CC1)C(=O)N(Cc1ccccn1)C1CCCNCC1. The van der Waals surface area contributed by atoms with Crippen LogP contribution in [0.3, 0.4) is 0 Å². The van der Waals surface area contributed by atoms with Crippen molar-refractivity contribution in [3.05, 3.63) is 30.1 Å². The van der Waals surface area contributed by atoms with Crippen molar-refractivity contribution in [1.29, 1.82) is 0 Å². The van der Waals surface area contributed by atoms with E-state index in [0.29, 0.717) is 12.5 Å². The second-order valence-electron chi connectivity index (χ2n) is 7.04. The summed E-state index contributed by atoms with van der Waals surface area (Å²) in [7, 11) is 0. The fraction of sp³-hybridized carbons (Fsp3) is 0.684. The van der Waals surface area contributed by atoms with Crippen molar-refractivity contribution in [3.63, 3.8) is 0 Å². The number of hydrogen-bond acceptors (Lipinski definition) is 4. The van der Waals surface area contributed by atoms with Crippen LogP contribution in [-0.4, -0.2) is 47.6 Å². The average Bonchev–Trinajstić information content (AvgIpc) is 3.44. The van der Waals surface area contributed by atoms with Gasteiger partial charge in [-0.05, 0) is 70.2 Å². The van der Waals surface area contributed by atoms with Crippen molar-refractivity contribution in [2.24, 2.45) is 5.92 Å². The third-order valence-corrected chi connectivity index (χ3v) is 4.95. The first-order valence-corrected chi connectivity index (χ1v) is 9.26. The van der Waals surface area contributed by atoms with Gasteiger partial charge in [0.15, 0.2) is 0 Å². The number of aromatic nitrogens is 1. The highest BCUT2D eigenvalue weighted by Gasteiger charge is 2.30. The van der Waals surface area contributed by atoms with Gasteiger partial charge in [0, 0.05) is 12.2 Å². The van der Waals surface area contributed by atoms with Crippen molar-refractivity contribution in [3.8, 4) is 0 Å². The summed E-state index contributed by atoms with van der Waals surface area (Å²) in [5, 5.41) is 3.43. The summed E-state index contributed by atoms with van der Waals surface area (Å²) in [6.07, 6.45) is 7.05. The molecule has 1 saturated heterocycles. The number of nitrogens with one attached hydrogen (secondary N) is 1. The van der Waals surface area contributed by atoms with Crippen molar-refractivity contribution >= 4 is 5.91 Å². The van der Waals surface area contributed by atoms with Crippen LogP contribution < -0.4 is 5.32 Å². The summed E-state index contributed by atoms with van der Waals surface area (Å²) in [6, 6.07) is 6.14. The van der Waals surface area contributed by atoms with E-state index >= 15 is 0 Å². The van der Waals surface area contributed by atoms with Crippen LogP contribution >= 0.6 is 0 Å². The maximum atomic E-state index is 13.0. The highest BCUT2D eigenvalue weighted by molar-refractivity contribution is 5.80. The van der Waals surface area contributed by atoms with Gasteiger partial charge in [-0.2, -0.15) is 0 Å². The normalized spacial score (nSPS) is 22.6. The zero-order valence-corrected chi connectivity index (χ0v) is 14.6. The zero-order chi connectivity index (χ0) is 16.8. The maximum absolute atomic E-state index is 13.0. The fourth-order valence-electron chi connectivity index (χ4n) is 3.24. The summed E-state index contributed by atoms with van der Waals surface area (Å²) < 4.78 is 5.84. The molecular formula is C19H29N3O2. The highest BCUT2D eigenvalue weighted by atomic mass is 16.5. The van der Waals surface area contributed by atoms with E-state index in [-0.39, 0.29) is 18.1 Å². The molecule has 1 aliphatic heterocycles. The molecule has 1 aliphatic carbocycles. The summed E-state index contributed by atoms with van der Waals surface area (Å²) in [5.74, 6) is 0.778. The van der Waals surface area contributed by atoms with E-state index in [1.165, 1.54) is 12.8 Å². The molecule has 3 rings (SSSR count). The Balaban J connectivity index is 1.67. The van der Waals surface area contributed by atoms with Crippen molar-refractivity contribution in [1.82, 2.24) is 15.2 Å². The summed E-state index contributed by atoms with van der Waals surface area (Å²) in [4.78, 5) is 19.5. The minimum Gasteiger partial charge on any atom is -0.368 e. The first-order chi connectivity index (χ1) is 11.7. The Bertz CT molecular complexity index is 511. The van der Waals surface area contributed by atoms with E-state index in [0.717, 1.165) is 44.7 Å². The number of nitrogens with zero attached hydrogens (tertiary/aromatic N) is 2. The number of rotatable bonds is 7. The molecule has 1 aromatic rings. The molecule has 0 spiro atoms. The van der Waals surface area contributed by atoms with Crippen LogP contribution in [0.25, 0.3) is 0 Å². The molecule has 2 heterocycles. The van der Waals surface area contributed by atoms with E-state index in [1.807, 2.05) is 30.0 Å². The average molecular weight is 331 g/mol. The molecule has 2 fully saturated rings. The Kier molecular flexibility index (Phi) is 6.21. The first kappa shape index (κ1) is 17.4. The lowest BCUT2D eigenvalue weighted by molar-refractivity contribution is -0.146. The topological polar surface area (TPSA) is 54.5 Å². The van der Waals surface area contributed by atoms with E-state index < -0.39 is 0 Å². The molecule has 2 aliphatic rings. The molecule has 24 heavy (non-hydrogen) atoms. The van der Waals surface area contributed by atoms with Crippen LogP contribution in [0.5, 0.6) is 0 Å². The van der Waals surface area contributed by atoms with Gasteiger partial charge in [0.05, 0.1) is 18.8 Å². The van der Waals surface area contributed by atoms with E-state index in [4.69, 9.17) is 4.74 Å². The fourth-order valence-corrected chi connectivity index (χ4v) is 3.24. The number of carbonyl (C=O) groups excluding carboxylic acids is 1. The number of hydrogen-bond donors (Lipinski definition) is 1. The molecule has 1 saturated carbocycles. The predicted molar refractivity (Wildman–Crippen MR) is 93.4 cm³/mol. The Morgan fingerprint density at radius 2 is 2.21 bits per heavy atom. The van der Waals surface area contributed by atoms with Gasteiger partial charge in [0.2, 0.25) is 0 Å². The molecule has 2 atom stereocenters. The minimum atomic E-state index is -0.370. The van der Waals surface area contributed by atoms with Gasteiger partial charge in [-0.25, -0.2) is 0 Å². The summed E-state index contributed by atoms with van der Waals surface area (Å²) in [6.45, 7) is 5.19. The van der Waals surface area contributed by atoms with Gasteiger partial charge in [0.25, 0.3) is 5.91 Å². The third kappa shape index (κ3) is 5.02. The van der Waals surface area contributed by atoms with E-state index in [2.05, 4.69) is 10.3 Å². The molecule has 2 unspecified atom stereocenters. The standard InChI is InChI=1S/C19H29N3O2/c1-15(24-14-16-7-8-16)19(23)22(13-17-5-2-3-11-21-17)18-6-4-10-20-12-9-18/h2-3,5,11,15-16,18,20H,4,6-10,12-14H2,1H3. The van der Waals surface area contributed by atoms with Crippen molar-refractivity contribution < 1.29 is 9.53 Å². The maximum Gasteiger partial charge on any atom is 0.252 e. The number of amides is 1. The number of ether oxygens (including phenoxy) is 1.